The van der Waals surface area contributed by atoms with E-state index in [-0.39, 0.29) is 11.8 Å². The lowest BCUT2D eigenvalue weighted by Gasteiger charge is -2.17. The molecule has 0 spiro atoms. The van der Waals surface area contributed by atoms with E-state index in [1.165, 1.54) is 0 Å². The van der Waals surface area contributed by atoms with Gasteiger partial charge < -0.3 is 14.6 Å². The van der Waals surface area contributed by atoms with E-state index in [1.807, 2.05) is 24.3 Å². The minimum Gasteiger partial charge on any atom is -0.441 e. The van der Waals surface area contributed by atoms with Crippen molar-refractivity contribution < 1.29 is 14.0 Å². The van der Waals surface area contributed by atoms with Crippen molar-refractivity contribution in [3.8, 4) is 11.3 Å². The van der Waals surface area contributed by atoms with Crippen LogP contribution in [0.3, 0.4) is 0 Å². The van der Waals surface area contributed by atoms with Crippen LogP contribution in [0.1, 0.15) is 28.2 Å². The molecule has 1 heterocycles. The minimum atomic E-state index is -0.134. The van der Waals surface area contributed by atoms with Gasteiger partial charge in [-0.25, -0.2) is 4.98 Å². The number of hydrogen-bond acceptors (Lipinski definition) is 4. The fourth-order valence-electron chi connectivity index (χ4n) is 2.85. The van der Waals surface area contributed by atoms with Crippen molar-refractivity contribution in [3.05, 3.63) is 76.8 Å². The lowest BCUT2D eigenvalue weighted by Crippen LogP contribution is -2.26. The highest BCUT2D eigenvalue weighted by molar-refractivity contribution is 6.30. The van der Waals surface area contributed by atoms with Gasteiger partial charge in [0.15, 0.2) is 11.7 Å². The molecule has 0 saturated heterocycles. The lowest BCUT2D eigenvalue weighted by molar-refractivity contribution is -0.130. The van der Waals surface area contributed by atoms with Crippen LogP contribution in [0.4, 0.5) is 0 Å². The van der Waals surface area contributed by atoms with Gasteiger partial charge in [-0.05, 0) is 42.0 Å². The van der Waals surface area contributed by atoms with E-state index < -0.39 is 0 Å². The third-order valence-electron chi connectivity index (χ3n) is 4.52. The monoisotopic (exact) mass is 411 g/mol. The van der Waals surface area contributed by atoms with Gasteiger partial charge in [-0.2, -0.15) is 0 Å². The summed E-state index contributed by atoms with van der Waals surface area (Å²) in [7, 11) is 3.35. The summed E-state index contributed by atoms with van der Waals surface area (Å²) < 4.78 is 5.74. The maximum Gasteiger partial charge on any atom is 0.251 e. The van der Waals surface area contributed by atoms with Gasteiger partial charge in [0.2, 0.25) is 5.91 Å². The lowest BCUT2D eigenvalue weighted by atomic mass is 10.1. The summed E-state index contributed by atoms with van der Waals surface area (Å²) in [6.07, 6.45) is 2.38. The summed E-state index contributed by atoms with van der Waals surface area (Å²) in [4.78, 5) is 29.9. The minimum absolute atomic E-state index is 0.00776. The van der Waals surface area contributed by atoms with Gasteiger partial charge >= 0.3 is 0 Å². The van der Waals surface area contributed by atoms with E-state index >= 15 is 0 Å². The predicted octanol–water partition coefficient (Wildman–Crippen LogP) is 3.95. The van der Waals surface area contributed by atoms with E-state index in [0.717, 1.165) is 11.1 Å². The van der Waals surface area contributed by atoms with Crippen LogP contribution in [0.25, 0.3) is 11.3 Å². The first-order chi connectivity index (χ1) is 14.0. The molecule has 29 heavy (non-hydrogen) atoms. The number of rotatable bonds is 7. The zero-order valence-electron chi connectivity index (χ0n) is 16.3. The Morgan fingerprint density at radius 2 is 1.79 bits per heavy atom. The third kappa shape index (κ3) is 5.45. The van der Waals surface area contributed by atoms with Crippen molar-refractivity contribution in [1.29, 1.82) is 0 Å². The van der Waals surface area contributed by atoms with Gasteiger partial charge in [-0.1, -0.05) is 23.7 Å². The SMILES string of the molecule is CNC(=O)c1ccc(CN(C)C(=O)CCc2ncc(-c3ccc(Cl)cc3)o2)cc1. The molecule has 6 nitrogen and oxygen atoms in total. The van der Waals surface area contributed by atoms with Crippen molar-refractivity contribution in [2.45, 2.75) is 19.4 Å². The summed E-state index contributed by atoms with van der Waals surface area (Å²) >= 11 is 5.90. The molecule has 0 atom stereocenters. The van der Waals surface area contributed by atoms with Crippen LogP contribution in [0, 0.1) is 0 Å². The molecule has 0 aliphatic carbocycles. The Bertz CT molecular complexity index is 981. The third-order valence-corrected chi connectivity index (χ3v) is 4.78. The van der Waals surface area contributed by atoms with Crippen LogP contribution in [-0.4, -0.2) is 35.8 Å². The normalized spacial score (nSPS) is 10.6. The van der Waals surface area contributed by atoms with Crippen LogP contribution in [0.5, 0.6) is 0 Å². The van der Waals surface area contributed by atoms with Gasteiger partial charge in [0.05, 0.1) is 6.20 Å². The van der Waals surface area contributed by atoms with Gasteiger partial charge in [0.1, 0.15) is 0 Å². The Morgan fingerprint density at radius 1 is 1.10 bits per heavy atom. The van der Waals surface area contributed by atoms with Gasteiger partial charge in [0, 0.05) is 49.6 Å². The number of benzene rings is 2. The Labute approximate surface area is 174 Å². The molecule has 7 heteroatoms. The average Bonchev–Trinajstić information content (AvgIpc) is 3.21. The average molecular weight is 412 g/mol. The van der Waals surface area contributed by atoms with Crippen LogP contribution in [-0.2, 0) is 17.8 Å². The molecule has 0 aliphatic heterocycles. The zero-order chi connectivity index (χ0) is 20.8. The molecular formula is C22H22ClN3O3. The van der Waals surface area contributed by atoms with E-state index in [2.05, 4.69) is 10.3 Å². The molecule has 0 radical (unpaired) electrons. The Balaban J connectivity index is 1.52. The molecule has 1 N–H and O–H groups in total. The van der Waals surface area contributed by atoms with E-state index in [9.17, 15) is 9.59 Å². The second-order valence-electron chi connectivity index (χ2n) is 6.65. The van der Waals surface area contributed by atoms with Crippen LogP contribution < -0.4 is 5.32 Å². The van der Waals surface area contributed by atoms with Gasteiger partial charge in [0.25, 0.3) is 5.91 Å². The molecule has 2 aromatic carbocycles. The zero-order valence-corrected chi connectivity index (χ0v) is 17.1. The molecule has 2 amide bonds. The standard InChI is InChI=1S/C22H22ClN3O3/c1-24-22(28)17-5-3-15(4-6-17)14-26(2)21(27)12-11-20-25-13-19(29-20)16-7-9-18(23)10-8-16/h3-10,13H,11-12,14H2,1-2H3,(H,24,28). The summed E-state index contributed by atoms with van der Waals surface area (Å²) in [5.74, 6) is 1.02. The number of carbonyl (C=O) groups is 2. The highest BCUT2D eigenvalue weighted by atomic mass is 35.5. The van der Waals surface area contributed by atoms with Crippen molar-refractivity contribution in [2.24, 2.45) is 0 Å². The second kappa shape index (κ2) is 9.39. The number of hydrogen-bond donors (Lipinski definition) is 1. The molecule has 150 valence electrons. The molecular weight excluding hydrogens is 390 g/mol. The predicted molar refractivity (Wildman–Crippen MR) is 112 cm³/mol. The van der Waals surface area contributed by atoms with Crippen molar-refractivity contribution in [2.75, 3.05) is 14.1 Å². The van der Waals surface area contributed by atoms with Crippen LogP contribution in [0.2, 0.25) is 5.02 Å². The Morgan fingerprint density at radius 3 is 2.45 bits per heavy atom. The number of amides is 2. The van der Waals surface area contributed by atoms with E-state index in [0.29, 0.717) is 41.6 Å². The molecule has 3 rings (SSSR count). The summed E-state index contributed by atoms with van der Waals surface area (Å²) in [6, 6.07) is 14.5. The van der Waals surface area contributed by atoms with Crippen molar-refractivity contribution >= 4 is 23.4 Å². The summed E-state index contributed by atoms with van der Waals surface area (Å²) in [5, 5.41) is 3.24. The van der Waals surface area contributed by atoms with Gasteiger partial charge in [-0.15, -0.1) is 0 Å². The summed E-state index contributed by atoms with van der Waals surface area (Å²) in [5.41, 5.74) is 2.43. The maximum absolute atomic E-state index is 12.4. The number of nitrogens with zero attached hydrogens (tertiary/aromatic N) is 2. The van der Waals surface area contributed by atoms with Gasteiger partial charge in [-0.3, -0.25) is 9.59 Å². The molecule has 0 unspecified atom stereocenters. The number of halogens is 1. The molecule has 0 saturated carbocycles. The molecule has 1 aromatic heterocycles. The highest BCUT2D eigenvalue weighted by Crippen LogP contribution is 2.22. The van der Waals surface area contributed by atoms with Crippen molar-refractivity contribution in [1.82, 2.24) is 15.2 Å². The number of aryl methyl sites for hydroxylation is 1. The highest BCUT2D eigenvalue weighted by Gasteiger charge is 2.13. The van der Waals surface area contributed by atoms with Crippen LogP contribution >= 0.6 is 11.6 Å². The summed E-state index contributed by atoms with van der Waals surface area (Å²) in [6.45, 7) is 0.467. The molecule has 3 aromatic rings. The van der Waals surface area contributed by atoms with Crippen molar-refractivity contribution in [3.63, 3.8) is 0 Å². The first-order valence-electron chi connectivity index (χ1n) is 9.22. The largest absolute Gasteiger partial charge is 0.441 e. The number of aromatic nitrogens is 1. The smallest absolute Gasteiger partial charge is 0.251 e. The first-order valence-corrected chi connectivity index (χ1v) is 9.59. The fraction of sp³-hybridized carbons (Fsp3) is 0.227. The maximum atomic E-state index is 12.4. The number of carbonyl (C=O) groups excluding carboxylic acids is 2. The quantitative estimate of drug-likeness (QED) is 0.638. The van der Waals surface area contributed by atoms with E-state index in [4.69, 9.17) is 16.0 Å². The number of nitrogens with one attached hydrogen (secondary N) is 1. The Kier molecular flexibility index (Phi) is 6.67. The fourth-order valence-corrected chi connectivity index (χ4v) is 2.97. The van der Waals surface area contributed by atoms with Crippen LogP contribution in [0.15, 0.2) is 59.1 Å². The van der Waals surface area contributed by atoms with E-state index in [1.54, 1.807) is 49.5 Å². The first kappa shape index (κ1) is 20.6. The molecule has 0 fully saturated rings. The topological polar surface area (TPSA) is 75.4 Å². The molecule has 0 bridgehead atoms. The molecule has 0 aliphatic rings. The number of oxazole rings is 1. The second-order valence-corrected chi connectivity index (χ2v) is 7.09. The Hall–Kier alpha value is -3.12.